The van der Waals surface area contributed by atoms with E-state index in [1.54, 1.807) is 0 Å². The normalized spacial score (nSPS) is 27.4. The number of rotatable bonds is 5. The van der Waals surface area contributed by atoms with Crippen molar-refractivity contribution in [2.75, 3.05) is 0 Å². The second-order valence-corrected chi connectivity index (χ2v) is 4.89. The van der Waals surface area contributed by atoms with Crippen LogP contribution in [0.4, 0.5) is 0 Å². The van der Waals surface area contributed by atoms with Gasteiger partial charge in [0.2, 0.25) is 0 Å². The Labute approximate surface area is 98.7 Å². The molecule has 0 aliphatic heterocycles. The van der Waals surface area contributed by atoms with Crippen LogP contribution in [-0.2, 0) is 9.53 Å². The quantitative estimate of drug-likeness (QED) is 0.735. The van der Waals surface area contributed by atoms with E-state index < -0.39 is 6.04 Å². The van der Waals surface area contributed by atoms with Crippen molar-refractivity contribution < 1.29 is 9.53 Å². The molecule has 3 nitrogen and oxygen atoms in total. The molecule has 94 valence electrons. The van der Waals surface area contributed by atoms with Gasteiger partial charge < -0.3 is 10.5 Å². The molecular weight excluding hydrogens is 202 g/mol. The zero-order valence-electron chi connectivity index (χ0n) is 10.6. The third-order valence-corrected chi connectivity index (χ3v) is 3.50. The molecule has 2 N–H and O–H groups in total. The second kappa shape index (κ2) is 6.89. The Bertz CT molecular complexity index is 218. The van der Waals surface area contributed by atoms with Crippen LogP contribution in [0.2, 0.25) is 0 Å². The van der Waals surface area contributed by atoms with Crippen molar-refractivity contribution in [2.24, 2.45) is 11.7 Å². The molecule has 16 heavy (non-hydrogen) atoms. The Morgan fingerprint density at radius 2 is 2.19 bits per heavy atom. The number of ether oxygens (including phenoxy) is 1. The smallest absolute Gasteiger partial charge is 0.323 e. The standard InChI is InChI=1S/C13H25NO2/c1-3-6-12(14)13(15)16-11-8-5-7-10(4-2)9-11/h10-12H,3-9,14H2,1-2H3/t10?,11?,12-/m0/s1. The fourth-order valence-electron chi connectivity index (χ4n) is 2.40. The van der Waals surface area contributed by atoms with E-state index in [0.717, 1.165) is 31.6 Å². The topological polar surface area (TPSA) is 52.3 Å². The van der Waals surface area contributed by atoms with E-state index in [-0.39, 0.29) is 12.1 Å². The van der Waals surface area contributed by atoms with E-state index >= 15 is 0 Å². The van der Waals surface area contributed by atoms with Gasteiger partial charge in [0, 0.05) is 0 Å². The van der Waals surface area contributed by atoms with E-state index in [1.807, 2.05) is 6.92 Å². The maximum absolute atomic E-state index is 11.6. The van der Waals surface area contributed by atoms with Gasteiger partial charge in [0.15, 0.2) is 0 Å². The van der Waals surface area contributed by atoms with Crippen molar-refractivity contribution in [3.8, 4) is 0 Å². The van der Waals surface area contributed by atoms with Crippen LogP contribution >= 0.6 is 0 Å². The van der Waals surface area contributed by atoms with Gasteiger partial charge in [0.1, 0.15) is 12.1 Å². The van der Waals surface area contributed by atoms with Crippen LogP contribution < -0.4 is 5.73 Å². The fourth-order valence-corrected chi connectivity index (χ4v) is 2.40. The Morgan fingerprint density at radius 3 is 2.81 bits per heavy atom. The van der Waals surface area contributed by atoms with Gasteiger partial charge in [-0.1, -0.05) is 33.1 Å². The first-order valence-electron chi connectivity index (χ1n) is 6.63. The lowest BCUT2D eigenvalue weighted by Gasteiger charge is -2.28. The number of carbonyl (C=O) groups is 1. The average molecular weight is 227 g/mol. The van der Waals surface area contributed by atoms with Crippen molar-refractivity contribution in [1.29, 1.82) is 0 Å². The zero-order valence-corrected chi connectivity index (χ0v) is 10.6. The molecule has 0 aromatic heterocycles. The highest BCUT2D eigenvalue weighted by Crippen LogP contribution is 2.28. The van der Waals surface area contributed by atoms with Crippen LogP contribution in [0.5, 0.6) is 0 Å². The molecule has 0 amide bonds. The number of carbonyl (C=O) groups excluding carboxylic acids is 1. The summed E-state index contributed by atoms with van der Waals surface area (Å²) in [5.74, 6) is 0.526. The average Bonchev–Trinajstić information content (AvgIpc) is 2.29. The van der Waals surface area contributed by atoms with Crippen molar-refractivity contribution in [1.82, 2.24) is 0 Å². The lowest BCUT2D eigenvalue weighted by Crippen LogP contribution is -2.36. The van der Waals surface area contributed by atoms with E-state index in [0.29, 0.717) is 0 Å². The van der Waals surface area contributed by atoms with Crippen LogP contribution in [0.1, 0.15) is 58.8 Å². The van der Waals surface area contributed by atoms with E-state index in [4.69, 9.17) is 10.5 Å². The summed E-state index contributed by atoms with van der Waals surface area (Å²) in [6.07, 6.45) is 7.47. The number of hydrogen-bond acceptors (Lipinski definition) is 3. The Hall–Kier alpha value is -0.570. The molecule has 1 rings (SSSR count). The third kappa shape index (κ3) is 4.12. The molecule has 0 bridgehead atoms. The minimum Gasteiger partial charge on any atom is -0.461 e. The lowest BCUT2D eigenvalue weighted by molar-refractivity contribution is -0.153. The van der Waals surface area contributed by atoms with Gasteiger partial charge in [0.25, 0.3) is 0 Å². The molecule has 1 aliphatic rings. The molecule has 0 aromatic rings. The maximum Gasteiger partial charge on any atom is 0.323 e. The zero-order chi connectivity index (χ0) is 12.0. The first-order valence-corrected chi connectivity index (χ1v) is 6.63. The summed E-state index contributed by atoms with van der Waals surface area (Å²) in [5, 5.41) is 0. The van der Waals surface area contributed by atoms with Gasteiger partial charge in [-0.3, -0.25) is 4.79 Å². The summed E-state index contributed by atoms with van der Waals surface area (Å²) in [6.45, 7) is 4.23. The minimum atomic E-state index is -0.424. The van der Waals surface area contributed by atoms with Crippen molar-refractivity contribution in [3.05, 3.63) is 0 Å². The molecule has 0 heterocycles. The molecular formula is C13H25NO2. The van der Waals surface area contributed by atoms with Crippen LogP contribution in [0.25, 0.3) is 0 Å². The summed E-state index contributed by atoms with van der Waals surface area (Å²) >= 11 is 0. The largest absolute Gasteiger partial charge is 0.461 e. The van der Waals surface area contributed by atoms with Crippen molar-refractivity contribution in [3.63, 3.8) is 0 Å². The summed E-state index contributed by atoms with van der Waals surface area (Å²) in [5.41, 5.74) is 5.74. The highest BCUT2D eigenvalue weighted by molar-refractivity contribution is 5.75. The minimum absolute atomic E-state index is 0.120. The number of nitrogens with two attached hydrogens (primary N) is 1. The first-order chi connectivity index (χ1) is 7.67. The van der Waals surface area contributed by atoms with Crippen LogP contribution in [0.3, 0.4) is 0 Å². The third-order valence-electron chi connectivity index (χ3n) is 3.50. The number of esters is 1. The van der Waals surface area contributed by atoms with Gasteiger partial charge in [-0.25, -0.2) is 0 Å². The summed E-state index contributed by atoms with van der Waals surface area (Å²) in [6, 6.07) is -0.424. The molecule has 3 atom stereocenters. The maximum atomic E-state index is 11.6. The molecule has 2 unspecified atom stereocenters. The monoisotopic (exact) mass is 227 g/mol. The summed E-state index contributed by atoms with van der Waals surface area (Å²) < 4.78 is 5.47. The fraction of sp³-hybridized carbons (Fsp3) is 0.923. The Kier molecular flexibility index (Phi) is 5.81. The Balaban J connectivity index is 2.32. The molecule has 0 spiro atoms. The van der Waals surface area contributed by atoms with E-state index in [2.05, 4.69) is 6.92 Å². The highest BCUT2D eigenvalue weighted by Gasteiger charge is 2.25. The lowest BCUT2D eigenvalue weighted by atomic mass is 9.85. The van der Waals surface area contributed by atoms with Gasteiger partial charge in [-0.2, -0.15) is 0 Å². The first kappa shape index (κ1) is 13.5. The van der Waals surface area contributed by atoms with Crippen LogP contribution in [-0.4, -0.2) is 18.1 Å². The predicted octanol–water partition coefficient (Wildman–Crippen LogP) is 2.63. The molecule has 0 saturated heterocycles. The highest BCUT2D eigenvalue weighted by atomic mass is 16.5. The van der Waals surface area contributed by atoms with Gasteiger partial charge in [-0.05, 0) is 31.6 Å². The van der Waals surface area contributed by atoms with Gasteiger partial charge >= 0.3 is 5.97 Å². The second-order valence-electron chi connectivity index (χ2n) is 4.89. The summed E-state index contributed by atoms with van der Waals surface area (Å²) in [7, 11) is 0. The van der Waals surface area contributed by atoms with Crippen LogP contribution in [0.15, 0.2) is 0 Å². The van der Waals surface area contributed by atoms with E-state index in [1.165, 1.54) is 19.3 Å². The molecule has 1 saturated carbocycles. The molecule has 0 radical (unpaired) electrons. The van der Waals surface area contributed by atoms with E-state index in [9.17, 15) is 4.79 Å². The molecule has 3 heteroatoms. The van der Waals surface area contributed by atoms with Crippen LogP contribution in [0, 0.1) is 5.92 Å². The van der Waals surface area contributed by atoms with Crippen molar-refractivity contribution >= 4 is 5.97 Å². The summed E-state index contributed by atoms with van der Waals surface area (Å²) in [4.78, 5) is 11.6. The Morgan fingerprint density at radius 1 is 1.44 bits per heavy atom. The molecule has 1 fully saturated rings. The van der Waals surface area contributed by atoms with Gasteiger partial charge in [0.05, 0.1) is 0 Å². The molecule has 0 aromatic carbocycles. The SMILES string of the molecule is CCC[C@H](N)C(=O)OC1CCCC(CC)C1. The van der Waals surface area contributed by atoms with Crippen molar-refractivity contribution in [2.45, 2.75) is 70.9 Å². The van der Waals surface area contributed by atoms with Gasteiger partial charge in [-0.15, -0.1) is 0 Å². The molecule has 1 aliphatic carbocycles. The number of hydrogen-bond donors (Lipinski definition) is 1. The predicted molar refractivity (Wildman–Crippen MR) is 65.0 cm³/mol.